The van der Waals surface area contributed by atoms with Crippen LogP contribution in [-0.4, -0.2) is 34.7 Å². The molecule has 3 rings (SSSR count). The van der Waals surface area contributed by atoms with Gasteiger partial charge >= 0.3 is 0 Å². The normalized spacial score (nSPS) is 10.7. The van der Waals surface area contributed by atoms with Crippen molar-refractivity contribution in [2.24, 2.45) is 0 Å². The molecule has 0 aliphatic rings. The molecule has 1 amide bonds. The lowest BCUT2D eigenvalue weighted by atomic mass is 10.1. The van der Waals surface area contributed by atoms with E-state index in [0.717, 1.165) is 22.4 Å². The van der Waals surface area contributed by atoms with Gasteiger partial charge in [0, 0.05) is 19.0 Å². The number of benzene rings is 2. The zero-order valence-corrected chi connectivity index (χ0v) is 15.1. The summed E-state index contributed by atoms with van der Waals surface area (Å²) in [7, 11) is 3.31. The molecule has 26 heavy (non-hydrogen) atoms. The van der Waals surface area contributed by atoms with E-state index in [2.05, 4.69) is 5.10 Å². The Morgan fingerprint density at radius 3 is 2.62 bits per heavy atom. The first-order valence-corrected chi connectivity index (χ1v) is 8.33. The molecule has 0 saturated carbocycles. The fourth-order valence-corrected chi connectivity index (χ4v) is 2.89. The number of likely N-dealkylation sites (N-methyl/N-ethyl adjacent to an activating group) is 1. The molecule has 0 N–H and O–H groups in total. The number of hydrogen-bond donors (Lipinski definition) is 0. The summed E-state index contributed by atoms with van der Waals surface area (Å²) >= 11 is 0. The summed E-state index contributed by atoms with van der Waals surface area (Å²) in [5.41, 5.74) is 1.42. The van der Waals surface area contributed by atoms with Crippen molar-refractivity contribution < 1.29 is 9.53 Å². The van der Waals surface area contributed by atoms with Gasteiger partial charge in [-0.2, -0.15) is 5.10 Å². The van der Waals surface area contributed by atoms with E-state index in [1.807, 2.05) is 49.4 Å². The van der Waals surface area contributed by atoms with E-state index in [4.69, 9.17) is 4.74 Å². The van der Waals surface area contributed by atoms with Crippen LogP contribution < -0.4 is 10.3 Å². The molecule has 134 valence electrons. The minimum Gasteiger partial charge on any atom is -0.497 e. The van der Waals surface area contributed by atoms with Crippen molar-refractivity contribution >= 4 is 16.7 Å². The van der Waals surface area contributed by atoms with Gasteiger partial charge in [-0.1, -0.05) is 30.3 Å². The highest BCUT2D eigenvalue weighted by Crippen LogP contribution is 2.14. The van der Waals surface area contributed by atoms with Crippen LogP contribution in [0.5, 0.6) is 5.75 Å². The molecule has 6 nitrogen and oxygen atoms in total. The molecule has 3 aromatic rings. The maximum absolute atomic E-state index is 12.6. The molecule has 0 bridgehead atoms. The second-order valence-electron chi connectivity index (χ2n) is 6.20. The van der Waals surface area contributed by atoms with Crippen LogP contribution in [0.25, 0.3) is 10.8 Å². The molecule has 1 heterocycles. The van der Waals surface area contributed by atoms with Crippen molar-refractivity contribution in [3.8, 4) is 5.75 Å². The predicted octanol–water partition coefficient (Wildman–Crippen LogP) is 2.37. The van der Waals surface area contributed by atoms with E-state index in [-0.39, 0.29) is 18.0 Å². The van der Waals surface area contributed by atoms with Gasteiger partial charge in [-0.3, -0.25) is 9.59 Å². The molecule has 6 heteroatoms. The van der Waals surface area contributed by atoms with Crippen molar-refractivity contribution in [3.05, 3.63) is 70.1 Å². The van der Waals surface area contributed by atoms with Gasteiger partial charge in [0.2, 0.25) is 5.91 Å². The fraction of sp³-hybridized carbons (Fsp3) is 0.250. The molecule has 0 aliphatic heterocycles. The molecule has 0 radical (unpaired) electrons. The van der Waals surface area contributed by atoms with Gasteiger partial charge in [-0.25, -0.2) is 4.68 Å². The number of amides is 1. The monoisotopic (exact) mass is 351 g/mol. The number of rotatable bonds is 5. The summed E-state index contributed by atoms with van der Waals surface area (Å²) in [6.07, 6.45) is 0. The summed E-state index contributed by atoms with van der Waals surface area (Å²) < 4.78 is 6.44. The fourth-order valence-electron chi connectivity index (χ4n) is 2.89. The van der Waals surface area contributed by atoms with E-state index in [1.54, 1.807) is 25.1 Å². The van der Waals surface area contributed by atoms with Crippen molar-refractivity contribution in [2.75, 3.05) is 14.2 Å². The molecule has 0 unspecified atom stereocenters. The minimum absolute atomic E-state index is 0.0923. The number of hydrogen-bond acceptors (Lipinski definition) is 4. The highest BCUT2D eigenvalue weighted by atomic mass is 16.5. The third kappa shape index (κ3) is 3.59. The first kappa shape index (κ1) is 17.7. The minimum atomic E-state index is -0.255. The Kier molecular flexibility index (Phi) is 5.02. The van der Waals surface area contributed by atoms with Gasteiger partial charge in [0.15, 0.2) is 0 Å². The summed E-state index contributed by atoms with van der Waals surface area (Å²) in [4.78, 5) is 26.7. The Morgan fingerprint density at radius 1 is 1.15 bits per heavy atom. The van der Waals surface area contributed by atoms with Gasteiger partial charge < -0.3 is 9.64 Å². The summed E-state index contributed by atoms with van der Waals surface area (Å²) in [5.74, 6) is 0.559. The summed E-state index contributed by atoms with van der Waals surface area (Å²) in [6, 6.07) is 14.8. The molecule has 0 spiro atoms. The predicted molar refractivity (Wildman–Crippen MR) is 100 cm³/mol. The molecular weight excluding hydrogens is 330 g/mol. The average Bonchev–Trinajstić information content (AvgIpc) is 2.66. The van der Waals surface area contributed by atoms with Crippen LogP contribution in [0.2, 0.25) is 0 Å². The van der Waals surface area contributed by atoms with Gasteiger partial charge in [-0.05, 0) is 30.7 Å². The molecule has 1 aromatic heterocycles. The zero-order chi connectivity index (χ0) is 18.7. The zero-order valence-electron chi connectivity index (χ0n) is 15.1. The van der Waals surface area contributed by atoms with E-state index < -0.39 is 0 Å². The van der Waals surface area contributed by atoms with E-state index in [9.17, 15) is 9.59 Å². The van der Waals surface area contributed by atoms with Gasteiger partial charge in [0.05, 0.1) is 18.2 Å². The van der Waals surface area contributed by atoms with Gasteiger partial charge in [0.25, 0.3) is 5.56 Å². The van der Waals surface area contributed by atoms with Crippen molar-refractivity contribution in [1.29, 1.82) is 0 Å². The first-order chi connectivity index (χ1) is 12.5. The lowest BCUT2D eigenvalue weighted by molar-refractivity contribution is -0.131. The Bertz CT molecular complexity index is 1010. The highest BCUT2D eigenvalue weighted by molar-refractivity contribution is 5.83. The SMILES string of the molecule is COc1cccc(CN(C)C(=O)Cn2nc(C)c3ccccc3c2=O)c1. The molecule has 0 saturated heterocycles. The number of aryl methyl sites for hydroxylation is 1. The maximum Gasteiger partial charge on any atom is 0.275 e. The van der Waals surface area contributed by atoms with Crippen LogP contribution in [0, 0.1) is 6.92 Å². The Labute approximate surface area is 151 Å². The lowest BCUT2D eigenvalue weighted by Gasteiger charge is -2.18. The van der Waals surface area contributed by atoms with E-state index >= 15 is 0 Å². The lowest BCUT2D eigenvalue weighted by Crippen LogP contribution is -2.35. The van der Waals surface area contributed by atoms with Crippen LogP contribution in [0.3, 0.4) is 0 Å². The van der Waals surface area contributed by atoms with Gasteiger partial charge in [-0.15, -0.1) is 0 Å². The molecule has 2 aromatic carbocycles. The van der Waals surface area contributed by atoms with Gasteiger partial charge in [0.1, 0.15) is 12.3 Å². The number of nitrogens with zero attached hydrogens (tertiary/aromatic N) is 3. The number of aromatic nitrogens is 2. The number of fused-ring (bicyclic) bond motifs is 1. The molecule has 0 atom stereocenters. The largest absolute Gasteiger partial charge is 0.497 e. The summed E-state index contributed by atoms with van der Waals surface area (Å²) in [6.45, 7) is 2.17. The smallest absolute Gasteiger partial charge is 0.275 e. The van der Waals surface area contributed by atoms with Crippen LogP contribution >= 0.6 is 0 Å². The summed E-state index contributed by atoms with van der Waals surface area (Å²) in [5, 5.41) is 5.68. The Hall–Kier alpha value is -3.15. The second-order valence-corrected chi connectivity index (χ2v) is 6.20. The number of carbonyl (C=O) groups excluding carboxylic acids is 1. The topological polar surface area (TPSA) is 64.4 Å². The third-order valence-corrected chi connectivity index (χ3v) is 4.32. The standard InChI is InChI=1S/C20H21N3O3/c1-14-17-9-4-5-10-18(17)20(25)23(21-14)13-19(24)22(2)12-15-7-6-8-16(11-15)26-3/h4-11H,12-13H2,1-3H3. The highest BCUT2D eigenvalue weighted by Gasteiger charge is 2.14. The molecule has 0 aliphatic carbocycles. The van der Waals surface area contributed by atoms with Crippen LogP contribution in [0.4, 0.5) is 0 Å². The third-order valence-electron chi connectivity index (χ3n) is 4.32. The average molecular weight is 351 g/mol. The van der Waals surface area contributed by atoms with Crippen molar-refractivity contribution in [1.82, 2.24) is 14.7 Å². The van der Waals surface area contributed by atoms with Crippen LogP contribution in [0.15, 0.2) is 53.3 Å². The molecule has 0 fully saturated rings. The van der Waals surface area contributed by atoms with Crippen LogP contribution in [0.1, 0.15) is 11.3 Å². The quantitative estimate of drug-likeness (QED) is 0.708. The second kappa shape index (κ2) is 7.39. The first-order valence-electron chi connectivity index (χ1n) is 8.33. The molecular formula is C20H21N3O3. The Balaban J connectivity index is 1.80. The van der Waals surface area contributed by atoms with Crippen molar-refractivity contribution in [3.63, 3.8) is 0 Å². The number of methoxy groups -OCH3 is 1. The van der Waals surface area contributed by atoms with E-state index in [1.165, 1.54) is 4.68 Å². The van der Waals surface area contributed by atoms with Crippen LogP contribution in [-0.2, 0) is 17.9 Å². The number of carbonyl (C=O) groups is 1. The van der Waals surface area contributed by atoms with Crippen molar-refractivity contribution in [2.45, 2.75) is 20.0 Å². The maximum atomic E-state index is 12.6. The number of ether oxygens (including phenoxy) is 1. The van der Waals surface area contributed by atoms with E-state index in [0.29, 0.717) is 11.9 Å². The Morgan fingerprint density at radius 2 is 1.88 bits per heavy atom.